The number of carboxylic acids is 1. The van der Waals surface area contributed by atoms with Crippen molar-refractivity contribution >= 4 is 51.9 Å². The van der Waals surface area contributed by atoms with Gasteiger partial charge in [0, 0.05) is 0 Å². The maximum Gasteiger partial charge on any atom is 0.335 e. The Kier molecular flexibility index (Phi) is 4.37. The second kappa shape index (κ2) is 6.46. The molecule has 0 unspecified atom stereocenters. The average molecular weight is 357 g/mol. The summed E-state index contributed by atoms with van der Waals surface area (Å²) in [6.45, 7) is 0. The van der Waals surface area contributed by atoms with Crippen molar-refractivity contribution in [1.29, 1.82) is 0 Å². The summed E-state index contributed by atoms with van der Waals surface area (Å²) in [6, 6.07) is 12.6. The minimum absolute atomic E-state index is 0.0820. The number of hydrogen-bond donors (Lipinski definition) is 2. The van der Waals surface area contributed by atoms with Crippen LogP contribution < -0.4 is 4.90 Å². The molecule has 0 radical (unpaired) electrons. The van der Waals surface area contributed by atoms with Crippen LogP contribution in [0.2, 0.25) is 0 Å². The number of thioether (sulfide) groups is 1. The maximum absolute atomic E-state index is 12.6. The molecule has 0 atom stereocenters. The molecule has 0 bridgehead atoms. The van der Waals surface area contributed by atoms with Crippen LogP contribution >= 0.6 is 24.0 Å². The second-order valence-electron chi connectivity index (χ2n) is 4.97. The number of amides is 1. The van der Waals surface area contributed by atoms with E-state index in [1.165, 1.54) is 23.1 Å². The minimum Gasteiger partial charge on any atom is -0.508 e. The van der Waals surface area contributed by atoms with Crippen molar-refractivity contribution in [2.24, 2.45) is 0 Å². The zero-order valence-corrected chi connectivity index (χ0v) is 13.8. The third kappa shape index (κ3) is 3.17. The van der Waals surface area contributed by atoms with Gasteiger partial charge in [0.25, 0.3) is 5.91 Å². The Hall–Kier alpha value is -2.64. The quantitative estimate of drug-likeness (QED) is 0.647. The van der Waals surface area contributed by atoms with Gasteiger partial charge in [0.05, 0.1) is 16.2 Å². The van der Waals surface area contributed by atoms with Gasteiger partial charge in [0.2, 0.25) is 0 Å². The Morgan fingerprint density at radius 2 is 1.92 bits per heavy atom. The number of hydrogen-bond acceptors (Lipinski definition) is 5. The van der Waals surface area contributed by atoms with Gasteiger partial charge in [-0.25, -0.2) is 4.79 Å². The van der Waals surface area contributed by atoms with Crippen LogP contribution in [0.3, 0.4) is 0 Å². The number of anilines is 1. The standard InChI is InChI=1S/C17H11NO4S2/c19-13-6-1-3-10(7-13)8-14-15(20)18(17(23)24-14)12-5-2-4-11(9-12)16(21)22/h1-9,19H,(H,21,22)/b14-8+. The smallest absolute Gasteiger partial charge is 0.335 e. The van der Waals surface area contributed by atoms with Crippen LogP contribution in [0.1, 0.15) is 15.9 Å². The lowest BCUT2D eigenvalue weighted by Crippen LogP contribution is -2.27. The predicted molar refractivity (Wildman–Crippen MR) is 97.2 cm³/mol. The fraction of sp³-hybridized carbons (Fsp3) is 0. The number of benzene rings is 2. The molecule has 1 amide bonds. The molecule has 2 N–H and O–H groups in total. The molecule has 120 valence electrons. The van der Waals surface area contributed by atoms with E-state index in [1.54, 1.807) is 36.4 Å². The van der Waals surface area contributed by atoms with Gasteiger partial charge in [-0.2, -0.15) is 0 Å². The lowest BCUT2D eigenvalue weighted by Gasteiger charge is -2.14. The van der Waals surface area contributed by atoms with E-state index in [0.717, 1.165) is 11.8 Å². The van der Waals surface area contributed by atoms with E-state index >= 15 is 0 Å². The lowest BCUT2D eigenvalue weighted by atomic mass is 10.1. The molecule has 1 heterocycles. The summed E-state index contributed by atoms with van der Waals surface area (Å²) in [4.78, 5) is 25.4. The number of carboxylic acid groups (broad SMARTS) is 1. The van der Waals surface area contributed by atoms with Gasteiger partial charge in [-0.1, -0.05) is 42.2 Å². The Morgan fingerprint density at radius 1 is 1.17 bits per heavy atom. The number of aromatic carboxylic acids is 1. The molecular weight excluding hydrogens is 346 g/mol. The van der Waals surface area contributed by atoms with Crippen LogP contribution in [0.5, 0.6) is 5.75 Å². The third-order valence-corrected chi connectivity index (χ3v) is 4.62. The van der Waals surface area contributed by atoms with Gasteiger partial charge in [-0.3, -0.25) is 9.69 Å². The molecule has 1 saturated heterocycles. The average Bonchev–Trinajstić information content (AvgIpc) is 2.81. The lowest BCUT2D eigenvalue weighted by molar-refractivity contribution is -0.113. The maximum atomic E-state index is 12.6. The number of phenols is 1. The molecule has 0 aliphatic carbocycles. The number of rotatable bonds is 3. The number of phenolic OH excluding ortho intramolecular Hbond substituents is 1. The molecule has 2 aromatic carbocycles. The number of carbonyl (C=O) groups is 2. The summed E-state index contributed by atoms with van der Waals surface area (Å²) in [7, 11) is 0. The molecule has 0 spiro atoms. The molecular formula is C17H11NO4S2. The van der Waals surface area contributed by atoms with Gasteiger partial charge in [0.15, 0.2) is 4.32 Å². The first kappa shape index (κ1) is 16.2. The van der Waals surface area contributed by atoms with Gasteiger partial charge >= 0.3 is 5.97 Å². The van der Waals surface area contributed by atoms with Crippen LogP contribution in [0, 0.1) is 0 Å². The molecule has 1 fully saturated rings. The second-order valence-corrected chi connectivity index (χ2v) is 6.64. The molecule has 5 nitrogen and oxygen atoms in total. The van der Waals surface area contributed by atoms with E-state index in [2.05, 4.69) is 0 Å². The highest BCUT2D eigenvalue weighted by atomic mass is 32.2. The summed E-state index contributed by atoms with van der Waals surface area (Å²) in [6.07, 6.45) is 1.64. The fourth-order valence-corrected chi connectivity index (χ4v) is 3.53. The van der Waals surface area contributed by atoms with E-state index < -0.39 is 5.97 Å². The van der Waals surface area contributed by atoms with Gasteiger partial charge in [-0.05, 0) is 42.0 Å². The van der Waals surface area contributed by atoms with E-state index in [1.807, 2.05) is 0 Å². The SMILES string of the molecule is O=C(O)c1cccc(N2C(=O)/C(=C\c3cccc(O)c3)SC2=S)c1. The predicted octanol–water partition coefficient (Wildman–Crippen LogP) is 3.50. The van der Waals surface area contributed by atoms with Crippen LogP contribution in [0.15, 0.2) is 53.4 Å². The normalized spacial score (nSPS) is 16.0. The minimum atomic E-state index is -1.07. The molecule has 1 aliphatic rings. The van der Waals surface area contributed by atoms with Crippen LogP contribution in [-0.2, 0) is 4.79 Å². The number of nitrogens with zero attached hydrogens (tertiary/aromatic N) is 1. The molecule has 0 saturated carbocycles. The van der Waals surface area contributed by atoms with Crippen molar-refractivity contribution in [2.75, 3.05) is 4.90 Å². The van der Waals surface area contributed by atoms with Crippen LogP contribution in [0.4, 0.5) is 5.69 Å². The fourth-order valence-electron chi connectivity index (χ4n) is 2.23. The van der Waals surface area contributed by atoms with Gasteiger partial charge < -0.3 is 10.2 Å². The third-order valence-electron chi connectivity index (χ3n) is 3.31. The summed E-state index contributed by atoms with van der Waals surface area (Å²) < 4.78 is 0.328. The van der Waals surface area contributed by atoms with Crippen molar-refractivity contribution in [2.45, 2.75) is 0 Å². The first-order chi connectivity index (χ1) is 11.5. The monoisotopic (exact) mass is 357 g/mol. The Morgan fingerprint density at radius 3 is 2.62 bits per heavy atom. The molecule has 1 aliphatic heterocycles. The van der Waals surface area contributed by atoms with Gasteiger partial charge in [-0.15, -0.1) is 0 Å². The zero-order valence-electron chi connectivity index (χ0n) is 12.2. The highest BCUT2D eigenvalue weighted by Gasteiger charge is 2.33. The van der Waals surface area contributed by atoms with Crippen molar-refractivity contribution in [1.82, 2.24) is 0 Å². The van der Waals surface area contributed by atoms with Crippen molar-refractivity contribution < 1.29 is 19.8 Å². The Bertz CT molecular complexity index is 892. The van der Waals surface area contributed by atoms with E-state index in [-0.39, 0.29) is 17.2 Å². The molecule has 0 aromatic heterocycles. The summed E-state index contributed by atoms with van der Waals surface area (Å²) >= 11 is 6.39. The Balaban J connectivity index is 1.95. The van der Waals surface area contributed by atoms with E-state index in [4.69, 9.17) is 17.3 Å². The highest BCUT2D eigenvalue weighted by Crippen LogP contribution is 2.36. The van der Waals surface area contributed by atoms with Crippen molar-refractivity contribution in [3.05, 3.63) is 64.6 Å². The van der Waals surface area contributed by atoms with Crippen LogP contribution in [-0.4, -0.2) is 26.4 Å². The Labute approximate surface area is 147 Å². The summed E-state index contributed by atoms with van der Waals surface area (Å²) in [5.74, 6) is -1.29. The van der Waals surface area contributed by atoms with Crippen LogP contribution in [0.25, 0.3) is 6.08 Å². The first-order valence-corrected chi connectivity index (χ1v) is 8.08. The number of thiocarbonyl (C=S) groups is 1. The van der Waals surface area contributed by atoms with E-state index in [0.29, 0.717) is 20.5 Å². The molecule has 3 rings (SSSR count). The van der Waals surface area contributed by atoms with E-state index in [9.17, 15) is 14.7 Å². The molecule has 24 heavy (non-hydrogen) atoms. The largest absolute Gasteiger partial charge is 0.508 e. The van der Waals surface area contributed by atoms with Crippen molar-refractivity contribution in [3.63, 3.8) is 0 Å². The first-order valence-electron chi connectivity index (χ1n) is 6.86. The molecule has 7 heteroatoms. The summed E-state index contributed by atoms with van der Waals surface area (Å²) in [5, 5.41) is 18.6. The topological polar surface area (TPSA) is 77.8 Å². The number of carbonyl (C=O) groups excluding carboxylic acids is 1. The number of aromatic hydroxyl groups is 1. The zero-order chi connectivity index (χ0) is 17.3. The summed E-state index contributed by atoms with van der Waals surface area (Å²) in [5.41, 5.74) is 1.17. The molecule has 2 aromatic rings. The van der Waals surface area contributed by atoms with Crippen molar-refractivity contribution in [3.8, 4) is 5.75 Å². The van der Waals surface area contributed by atoms with Gasteiger partial charge in [0.1, 0.15) is 5.75 Å². The highest BCUT2D eigenvalue weighted by molar-refractivity contribution is 8.27.